The van der Waals surface area contributed by atoms with Crippen LogP contribution in [-0.4, -0.2) is 47.6 Å². The van der Waals surface area contributed by atoms with Gasteiger partial charge in [0.15, 0.2) is 0 Å². The summed E-state index contributed by atoms with van der Waals surface area (Å²) in [6.45, 7) is 7.17. The zero-order valence-electron chi connectivity index (χ0n) is 19.3. The molecular weight excluding hydrogens is 396 g/mol. The minimum absolute atomic E-state index is 0.0371. The predicted octanol–water partition coefficient (Wildman–Crippen LogP) is 4.05. The molecule has 7 nitrogen and oxygen atoms in total. The lowest BCUT2D eigenvalue weighted by Crippen LogP contribution is -2.54. The lowest BCUT2D eigenvalue weighted by atomic mass is 9.83. The van der Waals surface area contributed by atoms with Crippen molar-refractivity contribution in [3.63, 3.8) is 0 Å². The monoisotopic (exact) mass is 432 g/mol. The molecule has 1 aliphatic carbocycles. The predicted molar refractivity (Wildman–Crippen MR) is 118 cm³/mol. The number of carbonyl (C=O) groups excluding carboxylic acids is 3. The van der Waals surface area contributed by atoms with Gasteiger partial charge in [-0.3, -0.25) is 9.69 Å². The van der Waals surface area contributed by atoms with Crippen LogP contribution in [0.3, 0.4) is 0 Å². The molecule has 1 aromatic carbocycles. The number of amides is 2. The van der Waals surface area contributed by atoms with Gasteiger partial charge in [0.05, 0.1) is 0 Å². The van der Waals surface area contributed by atoms with Gasteiger partial charge in [0.2, 0.25) is 5.91 Å². The zero-order valence-corrected chi connectivity index (χ0v) is 19.3. The zero-order chi connectivity index (χ0) is 23.0. The molecule has 0 saturated heterocycles. The number of hydrogen-bond donors (Lipinski definition) is 1. The van der Waals surface area contributed by atoms with Crippen LogP contribution in [0.25, 0.3) is 0 Å². The second-order valence-electron chi connectivity index (χ2n) is 9.24. The quantitative estimate of drug-likeness (QED) is 0.657. The topological polar surface area (TPSA) is 84.9 Å². The molecule has 7 heteroatoms. The van der Waals surface area contributed by atoms with Crippen LogP contribution in [0, 0.1) is 5.92 Å². The van der Waals surface area contributed by atoms with Crippen molar-refractivity contribution in [1.82, 2.24) is 10.2 Å². The number of carbonyl (C=O) groups is 3. The molecule has 0 unspecified atom stereocenters. The first kappa shape index (κ1) is 24.7. The Kier molecular flexibility index (Phi) is 8.89. The number of rotatable bonds is 7. The molecule has 1 saturated carbocycles. The summed E-state index contributed by atoms with van der Waals surface area (Å²) < 4.78 is 10.9. The molecule has 1 aromatic rings. The van der Waals surface area contributed by atoms with E-state index < -0.39 is 35.7 Å². The van der Waals surface area contributed by atoms with Gasteiger partial charge in [-0.15, -0.1) is 0 Å². The molecule has 0 aromatic heterocycles. The number of hydrogen-bond acceptors (Lipinski definition) is 5. The van der Waals surface area contributed by atoms with Gasteiger partial charge in [0, 0.05) is 7.05 Å². The Morgan fingerprint density at radius 1 is 1.10 bits per heavy atom. The van der Waals surface area contributed by atoms with Gasteiger partial charge >= 0.3 is 12.1 Å². The molecule has 1 fully saturated rings. The third-order valence-electron chi connectivity index (χ3n) is 5.53. The second-order valence-corrected chi connectivity index (χ2v) is 9.24. The van der Waals surface area contributed by atoms with E-state index in [-0.39, 0.29) is 12.5 Å². The van der Waals surface area contributed by atoms with Gasteiger partial charge in [0.25, 0.3) is 0 Å². The summed E-state index contributed by atoms with van der Waals surface area (Å²) in [4.78, 5) is 39.4. The molecule has 1 aliphatic rings. The summed E-state index contributed by atoms with van der Waals surface area (Å²) in [5, 5.41) is 2.86. The molecule has 0 heterocycles. The van der Waals surface area contributed by atoms with Crippen molar-refractivity contribution in [2.24, 2.45) is 5.92 Å². The number of nitrogens with zero attached hydrogens (tertiary/aromatic N) is 1. The summed E-state index contributed by atoms with van der Waals surface area (Å²) in [6.07, 6.45) is 4.33. The summed E-state index contributed by atoms with van der Waals surface area (Å²) in [6, 6.07) is 7.82. The van der Waals surface area contributed by atoms with Crippen LogP contribution in [0.2, 0.25) is 0 Å². The van der Waals surface area contributed by atoms with Crippen LogP contribution in [0.15, 0.2) is 30.3 Å². The third kappa shape index (κ3) is 7.89. The largest absolute Gasteiger partial charge is 0.458 e. The lowest BCUT2D eigenvalue weighted by molar-refractivity contribution is -0.161. The minimum Gasteiger partial charge on any atom is -0.458 e. The molecular formula is C24H36N2O5. The summed E-state index contributed by atoms with van der Waals surface area (Å²) in [5.41, 5.74) is 0.224. The molecule has 31 heavy (non-hydrogen) atoms. The maximum absolute atomic E-state index is 12.9. The van der Waals surface area contributed by atoms with Crippen LogP contribution in [-0.2, 0) is 25.7 Å². The van der Waals surface area contributed by atoms with Crippen LogP contribution < -0.4 is 5.32 Å². The van der Waals surface area contributed by atoms with Crippen molar-refractivity contribution in [3.05, 3.63) is 35.9 Å². The Bertz CT molecular complexity index is 738. The molecule has 0 bridgehead atoms. The molecule has 1 N–H and O–H groups in total. The fourth-order valence-electron chi connectivity index (χ4n) is 3.63. The van der Waals surface area contributed by atoms with E-state index in [1.165, 1.54) is 11.9 Å². The second kappa shape index (κ2) is 11.2. The van der Waals surface area contributed by atoms with E-state index in [0.29, 0.717) is 0 Å². The average molecular weight is 433 g/mol. The molecule has 2 atom stereocenters. The highest BCUT2D eigenvalue weighted by atomic mass is 16.6. The van der Waals surface area contributed by atoms with Gasteiger partial charge in [0.1, 0.15) is 24.3 Å². The van der Waals surface area contributed by atoms with Crippen molar-refractivity contribution in [2.45, 2.75) is 84.1 Å². The number of nitrogens with one attached hydrogen (secondary N) is 1. The average Bonchev–Trinajstić information content (AvgIpc) is 2.74. The van der Waals surface area contributed by atoms with Crippen LogP contribution in [0.1, 0.15) is 65.4 Å². The van der Waals surface area contributed by atoms with Crippen molar-refractivity contribution >= 4 is 18.0 Å². The van der Waals surface area contributed by atoms with E-state index in [2.05, 4.69) is 5.32 Å². The summed E-state index contributed by atoms with van der Waals surface area (Å²) in [7, 11) is 1.51. The van der Waals surface area contributed by atoms with Gasteiger partial charge < -0.3 is 14.8 Å². The first-order valence-electron chi connectivity index (χ1n) is 11.0. The number of esters is 1. The molecule has 0 aliphatic heterocycles. The SMILES string of the molecule is C[C@@H](C(=O)N[C@H](C(=O)OC(C)(C)C)C1CCCCC1)N(C)C(=O)OCc1ccccc1. The van der Waals surface area contributed by atoms with E-state index in [0.717, 1.165) is 37.7 Å². The standard InChI is InChI=1S/C24H36N2O5/c1-17(26(5)23(29)30-16-18-12-8-6-9-13-18)21(27)25-20(19-14-10-7-11-15-19)22(28)31-24(2,3)4/h6,8-9,12-13,17,19-20H,7,10-11,14-16H2,1-5H3,(H,25,27)/t17-,20-/m0/s1. The highest BCUT2D eigenvalue weighted by Gasteiger charge is 2.36. The molecule has 2 rings (SSSR count). The van der Waals surface area contributed by atoms with Gasteiger partial charge in [-0.2, -0.15) is 0 Å². The van der Waals surface area contributed by atoms with Gasteiger partial charge in [-0.05, 0) is 52.0 Å². The van der Waals surface area contributed by atoms with E-state index in [4.69, 9.17) is 9.47 Å². The third-order valence-corrected chi connectivity index (χ3v) is 5.53. The Morgan fingerprint density at radius 3 is 2.29 bits per heavy atom. The highest BCUT2D eigenvalue weighted by molar-refractivity contribution is 5.89. The van der Waals surface area contributed by atoms with Crippen molar-refractivity contribution in [2.75, 3.05) is 7.05 Å². The Balaban J connectivity index is 1.99. The molecule has 0 radical (unpaired) electrons. The highest BCUT2D eigenvalue weighted by Crippen LogP contribution is 2.28. The van der Waals surface area contributed by atoms with E-state index in [1.54, 1.807) is 6.92 Å². The fourth-order valence-corrected chi connectivity index (χ4v) is 3.63. The number of benzene rings is 1. The van der Waals surface area contributed by atoms with Crippen LogP contribution in [0.5, 0.6) is 0 Å². The molecule has 172 valence electrons. The summed E-state index contributed by atoms with van der Waals surface area (Å²) in [5.74, 6) is -0.787. The lowest BCUT2D eigenvalue weighted by Gasteiger charge is -2.33. The smallest absolute Gasteiger partial charge is 0.410 e. The van der Waals surface area contributed by atoms with Crippen LogP contribution >= 0.6 is 0 Å². The Labute approximate surface area is 185 Å². The van der Waals surface area contributed by atoms with Crippen LogP contribution in [0.4, 0.5) is 4.79 Å². The van der Waals surface area contributed by atoms with Crippen molar-refractivity contribution in [1.29, 1.82) is 0 Å². The van der Waals surface area contributed by atoms with Gasteiger partial charge in [-0.25, -0.2) is 9.59 Å². The normalized spacial score (nSPS) is 16.7. The first-order valence-corrected chi connectivity index (χ1v) is 11.0. The maximum atomic E-state index is 12.9. The molecule has 0 spiro atoms. The molecule has 2 amide bonds. The van der Waals surface area contributed by atoms with Crippen molar-refractivity contribution in [3.8, 4) is 0 Å². The van der Waals surface area contributed by atoms with Gasteiger partial charge in [-0.1, -0.05) is 49.6 Å². The minimum atomic E-state index is -0.795. The Hall–Kier alpha value is -2.57. The first-order chi connectivity index (χ1) is 14.6. The maximum Gasteiger partial charge on any atom is 0.410 e. The summed E-state index contributed by atoms with van der Waals surface area (Å²) >= 11 is 0. The number of likely N-dealkylation sites (N-methyl/N-ethyl adjacent to an activating group) is 1. The number of ether oxygens (including phenoxy) is 2. The van der Waals surface area contributed by atoms with Crippen molar-refractivity contribution < 1.29 is 23.9 Å². The van der Waals surface area contributed by atoms with E-state index >= 15 is 0 Å². The van der Waals surface area contributed by atoms with E-state index in [9.17, 15) is 14.4 Å². The van der Waals surface area contributed by atoms with E-state index in [1.807, 2.05) is 51.1 Å². The Morgan fingerprint density at radius 2 is 1.71 bits per heavy atom. The fraction of sp³-hybridized carbons (Fsp3) is 0.625.